The second-order valence-corrected chi connectivity index (χ2v) is 6.30. The molecule has 7 nitrogen and oxygen atoms in total. The monoisotopic (exact) mass is 345 g/mol. The minimum atomic E-state index is -0.158. The molecular weight excluding hydrogens is 322 g/mol. The van der Waals surface area contributed by atoms with E-state index >= 15 is 0 Å². The van der Waals surface area contributed by atoms with Crippen LogP contribution in [0.5, 0.6) is 0 Å². The summed E-state index contributed by atoms with van der Waals surface area (Å²) in [6.07, 6.45) is 0.528. The Morgan fingerprint density at radius 2 is 1.96 bits per heavy atom. The Balaban J connectivity index is 2.15. The van der Waals surface area contributed by atoms with E-state index in [1.807, 2.05) is 4.90 Å². The molecule has 1 fully saturated rings. The number of fused-ring (bicyclic) bond motifs is 1. The Bertz CT molecular complexity index is 838. The summed E-state index contributed by atoms with van der Waals surface area (Å²) in [4.78, 5) is 28.5. The van der Waals surface area contributed by atoms with Crippen molar-refractivity contribution in [3.8, 4) is 0 Å². The molecule has 0 atom stereocenters. The van der Waals surface area contributed by atoms with Gasteiger partial charge in [-0.3, -0.25) is 9.59 Å². The minimum Gasteiger partial charge on any atom is -0.440 e. The first-order valence-electron chi connectivity index (χ1n) is 8.36. The van der Waals surface area contributed by atoms with E-state index in [0.717, 1.165) is 5.56 Å². The highest BCUT2D eigenvalue weighted by molar-refractivity contribution is 5.98. The van der Waals surface area contributed by atoms with E-state index in [1.54, 1.807) is 26.2 Å². The van der Waals surface area contributed by atoms with Crippen LogP contribution in [-0.4, -0.2) is 57.8 Å². The van der Waals surface area contributed by atoms with Crippen molar-refractivity contribution in [2.75, 3.05) is 51.8 Å². The Kier molecular flexibility index (Phi) is 5.06. The summed E-state index contributed by atoms with van der Waals surface area (Å²) in [6, 6.07) is 4.86. The summed E-state index contributed by atoms with van der Waals surface area (Å²) in [5.74, 6) is 0.377. The number of rotatable bonds is 4. The maximum Gasteiger partial charge on any atom is 0.253 e. The Hall–Kier alpha value is -2.38. The molecule has 1 aromatic carbocycles. The first-order valence-corrected chi connectivity index (χ1v) is 8.36. The number of morpholine rings is 1. The van der Waals surface area contributed by atoms with Gasteiger partial charge in [-0.2, -0.15) is 0 Å². The highest BCUT2D eigenvalue weighted by Gasteiger charge is 2.19. The molecule has 7 heteroatoms. The second-order valence-electron chi connectivity index (χ2n) is 6.30. The molecule has 25 heavy (non-hydrogen) atoms. The second kappa shape index (κ2) is 7.25. The molecule has 0 aliphatic carbocycles. The van der Waals surface area contributed by atoms with Crippen molar-refractivity contribution < 1.29 is 13.9 Å². The summed E-state index contributed by atoms with van der Waals surface area (Å²) in [5, 5.41) is 0.410. The molecule has 1 saturated heterocycles. The quantitative estimate of drug-likeness (QED) is 0.883. The maximum atomic E-state index is 12.7. The summed E-state index contributed by atoms with van der Waals surface area (Å²) in [5.41, 5.74) is 7.31. The lowest BCUT2D eigenvalue weighted by Gasteiger charge is -2.27. The van der Waals surface area contributed by atoms with Gasteiger partial charge < -0.3 is 24.7 Å². The molecule has 1 amide bonds. The fourth-order valence-electron chi connectivity index (χ4n) is 2.98. The number of carbonyl (C=O) groups excluding carboxylic acids is 1. The number of nitrogens with zero attached hydrogens (tertiary/aromatic N) is 2. The van der Waals surface area contributed by atoms with Gasteiger partial charge in [0.2, 0.25) is 0 Å². The molecule has 134 valence electrons. The van der Waals surface area contributed by atoms with Gasteiger partial charge in [0.15, 0.2) is 11.3 Å². The number of amides is 1. The molecule has 0 spiro atoms. The van der Waals surface area contributed by atoms with Crippen LogP contribution < -0.4 is 16.1 Å². The van der Waals surface area contributed by atoms with E-state index in [1.165, 1.54) is 11.0 Å². The van der Waals surface area contributed by atoms with Crippen LogP contribution in [0.2, 0.25) is 0 Å². The van der Waals surface area contributed by atoms with E-state index in [9.17, 15) is 9.59 Å². The number of anilines is 1. The van der Waals surface area contributed by atoms with Crippen molar-refractivity contribution >= 4 is 22.8 Å². The Morgan fingerprint density at radius 1 is 1.24 bits per heavy atom. The average Bonchev–Trinajstić information content (AvgIpc) is 2.62. The standard InChI is InChI=1S/C18H23N3O4/c1-20(2)18(23)13-9-12(3-4-19)17-14(10-13)15(22)11-16(25-17)21-5-7-24-8-6-21/h9-11H,3-8,19H2,1-2H3. The predicted molar refractivity (Wildman–Crippen MR) is 96.3 cm³/mol. The van der Waals surface area contributed by atoms with E-state index in [-0.39, 0.29) is 11.3 Å². The fraction of sp³-hybridized carbons (Fsp3) is 0.444. The largest absolute Gasteiger partial charge is 0.440 e. The maximum absolute atomic E-state index is 12.7. The van der Waals surface area contributed by atoms with Crippen molar-refractivity contribution in [3.63, 3.8) is 0 Å². The number of ether oxygens (including phenoxy) is 1. The molecule has 2 aromatic rings. The molecule has 1 aliphatic rings. The third-order valence-electron chi connectivity index (χ3n) is 4.28. The summed E-state index contributed by atoms with van der Waals surface area (Å²) < 4.78 is 11.4. The van der Waals surface area contributed by atoms with E-state index in [0.29, 0.717) is 61.7 Å². The lowest BCUT2D eigenvalue weighted by atomic mass is 10.0. The zero-order chi connectivity index (χ0) is 18.0. The summed E-state index contributed by atoms with van der Waals surface area (Å²) in [7, 11) is 3.36. The van der Waals surface area contributed by atoms with Gasteiger partial charge in [0.1, 0.15) is 5.58 Å². The van der Waals surface area contributed by atoms with Gasteiger partial charge in [-0.15, -0.1) is 0 Å². The smallest absolute Gasteiger partial charge is 0.253 e. The average molecular weight is 345 g/mol. The Labute approximate surface area is 145 Å². The number of nitrogens with two attached hydrogens (primary N) is 1. The van der Waals surface area contributed by atoms with E-state index in [2.05, 4.69) is 0 Å². The summed E-state index contributed by atoms with van der Waals surface area (Å²) in [6.45, 7) is 2.97. The van der Waals surface area contributed by atoms with Gasteiger partial charge in [0.25, 0.3) is 5.91 Å². The predicted octanol–water partition coefficient (Wildman–Crippen LogP) is 0.833. The van der Waals surface area contributed by atoms with Crippen molar-refractivity contribution in [2.24, 2.45) is 5.73 Å². The van der Waals surface area contributed by atoms with Gasteiger partial charge in [-0.05, 0) is 30.7 Å². The van der Waals surface area contributed by atoms with Gasteiger partial charge in [0, 0.05) is 38.8 Å². The SMILES string of the molecule is CN(C)C(=O)c1cc(CCN)c2oc(N3CCOCC3)cc(=O)c2c1. The molecule has 1 aromatic heterocycles. The van der Waals surface area contributed by atoms with Crippen LogP contribution in [0.25, 0.3) is 11.0 Å². The van der Waals surface area contributed by atoms with Crippen molar-refractivity contribution in [3.05, 3.63) is 39.5 Å². The molecule has 0 saturated carbocycles. The van der Waals surface area contributed by atoms with Crippen molar-refractivity contribution in [2.45, 2.75) is 6.42 Å². The van der Waals surface area contributed by atoms with Crippen LogP contribution in [0.3, 0.4) is 0 Å². The third kappa shape index (κ3) is 3.52. The molecular formula is C18H23N3O4. The highest BCUT2D eigenvalue weighted by atomic mass is 16.5. The van der Waals surface area contributed by atoms with Gasteiger partial charge in [-0.1, -0.05) is 0 Å². The van der Waals surface area contributed by atoms with Crippen LogP contribution in [-0.2, 0) is 11.2 Å². The molecule has 2 heterocycles. The van der Waals surface area contributed by atoms with Crippen LogP contribution >= 0.6 is 0 Å². The van der Waals surface area contributed by atoms with Crippen LogP contribution in [0.15, 0.2) is 27.4 Å². The van der Waals surface area contributed by atoms with Crippen molar-refractivity contribution in [1.29, 1.82) is 0 Å². The summed E-state index contributed by atoms with van der Waals surface area (Å²) >= 11 is 0. The third-order valence-corrected chi connectivity index (χ3v) is 4.28. The Morgan fingerprint density at radius 3 is 2.60 bits per heavy atom. The lowest BCUT2D eigenvalue weighted by molar-refractivity contribution is 0.0827. The lowest BCUT2D eigenvalue weighted by Crippen LogP contribution is -2.36. The molecule has 1 aliphatic heterocycles. The first-order chi connectivity index (χ1) is 12.0. The fourth-order valence-corrected chi connectivity index (χ4v) is 2.98. The zero-order valence-electron chi connectivity index (χ0n) is 14.6. The molecule has 0 bridgehead atoms. The number of hydrogen-bond donors (Lipinski definition) is 1. The normalized spacial score (nSPS) is 14.8. The topological polar surface area (TPSA) is 89.0 Å². The van der Waals surface area contributed by atoms with Crippen LogP contribution in [0, 0.1) is 0 Å². The molecule has 0 unspecified atom stereocenters. The highest BCUT2D eigenvalue weighted by Crippen LogP contribution is 2.25. The number of benzene rings is 1. The number of carbonyl (C=O) groups is 1. The van der Waals surface area contributed by atoms with Crippen LogP contribution in [0.1, 0.15) is 15.9 Å². The van der Waals surface area contributed by atoms with Crippen LogP contribution in [0.4, 0.5) is 5.88 Å². The molecule has 3 rings (SSSR count). The van der Waals surface area contributed by atoms with Gasteiger partial charge in [-0.25, -0.2) is 0 Å². The molecule has 0 radical (unpaired) electrons. The van der Waals surface area contributed by atoms with Crippen molar-refractivity contribution in [1.82, 2.24) is 4.90 Å². The number of hydrogen-bond acceptors (Lipinski definition) is 6. The van der Waals surface area contributed by atoms with E-state index < -0.39 is 0 Å². The molecule has 2 N–H and O–H groups in total. The van der Waals surface area contributed by atoms with Gasteiger partial charge >= 0.3 is 0 Å². The zero-order valence-corrected chi connectivity index (χ0v) is 14.6. The first kappa shape index (κ1) is 17.4. The van der Waals surface area contributed by atoms with Gasteiger partial charge in [0.05, 0.1) is 18.6 Å². The van der Waals surface area contributed by atoms with E-state index in [4.69, 9.17) is 14.9 Å². The minimum absolute atomic E-state index is 0.156.